The second-order valence-electron chi connectivity index (χ2n) is 5.48. The Hall–Kier alpha value is -0.650. The van der Waals surface area contributed by atoms with Crippen LogP contribution in [0.3, 0.4) is 0 Å². The third-order valence-electron chi connectivity index (χ3n) is 4.06. The van der Waals surface area contributed by atoms with Gasteiger partial charge in [0.2, 0.25) is 5.91 Å². The first-order valence-electron chi connectivity index (χ1n) is 7.81. The van der Waals surface area contributed by atoms with Crippen molar-refractivity contribution in [1.29, 1.82) is 0 Å². The van der Waals surface area contributed by atoms with E-state index < -0.39 is 0 Å². The van der Waals surface area contributed by atoms with Crippen molar-refractivity contribution in [3.63, 3.8) is 0 Å². The first kappa shape index (κ1) is 17.4. The van der Waals surface area contributed by atoms with E-state index in [-0.39, 0.29) is 11.3 Å². The molecule has 5 nitrogen and oxygen atoms in total. The molecule has 0 saturated carbocycles. The summed E-state index contributed by atoms with van der Waals surface area (Å²) in [5.74, 6) is 0.215. The van der Waals surface area contributed by atoms with E-state index in [1.807, 2.05) is 0 Å². The fourth-order valence-electron chi connectivity index (χ4n) is 2.59. The van der Waals surface area contributed by atoms with Crippen LogP contribution in [0.2, 0.25) is 0 Å². The van der Waals surface area contributed by atoms with Crippen molar-refractivity contribution in [3.8, 4) is 0 Å². The summed E-state index contributed by atoms with van der Waals surface area (Å²) in [4.78, 5) is 12.3. The largest absolute Gasteiger partial charge is 0.382 e. The van der Waals surface area contributed by atoms with Crippen LogP contribution in [0.5, 0.6) is 0 Å². The maximum Gasteiger partial charge on any atom is 0.227 e. The Morgan fingerprint density at radius 3 is 2.80 bits per heavy atom. The summed E-state index contributed by atoms with van der Waals surface area (Å²) in [5, 5.41) is 6.43. The summed E-state index contributed by atoms with van der Waals surface area (Å²) < 4.78 is 10.3. The number of piperidine rings is 1. The van der Waals surface area contributed by atoms with Crippen LogP contribution in [-0.4, -0.2) is 52.5 Å². The average Bonchev–Trinajstić information content (AvgIpc) is 2.50. The average molecular weight is 286 g/mol. The summed E-state index contributed by atoms with van der Waals surface area (Å²) >= 11 is 0. The highest BCUT2D eigenvalue weighted by Gasteiger charge is 2.37. The van der Waals surface area contributed by atoms with E-state index in [0.29, 0.717) is 13.2 Å². The minimum Gasteiger partial charge on any atom is -0.382 e. The smallest absolute Gasteiger partial charge is 0.227 e. The number of amides is 1. The third kappa shape index (κ3) is 5.77. The van der Waals surface area contributed by atoms with E-state index in [9.17, 15) is 4.79 Å². The van der Waals surface area contributed by atoms with Gasteiger partial charge in [-0.1, -0.05) is 6.92 Å². The number of nitrogens with one attached hydrogen (secondary N) is 2. The van der Waals surface area contributed by atoms with Crippen LogP contribution in [0.25, 0.3) is 0 Å². The molecule has 20 heavy (non-hydrogen) atoms. The molecule has 1 atom stereocenters. The van der Waals surface area contributed by atoms with Crippen LogP contribution in [0.1, 0.15) is 39.0 Å². The molecular formula is C15H30N2O3. The van der Waals surface area contributed by atoms with Gasteiger partial charge < -0.3 is 20.1 Å². The van der Waals surface area contributed by atoms with Crippen molar-refractivity contribution in [3.05, 3.63) is 0 Å². The molecule has 1 heterocycles. The minimum atomic E-state index is -0.187. The molecule has 0 aliphatic carbocycles. The van der Waals surface area contributed by atoms with Crippen LogP contribution in [-0.2, 0) is 14.3 Å². The highest BCUT2D eigenvalue weighted by molar-refractivity contribution is 5.82. The highest BCUT2D eigenvalue weighted by Crippen LogP contribution is 2.30. The molecule has 118 valence electrons. The molecule has 1 saturated heterocycles. The lowest BCUT2D eigenvalue weighted by Gasteiger charge is -2.35. The van der Waals surface area contributed by atoms with Crippen LogP contribution >= 0.6 is 0 Å². The summed E-state index contributed by atoms with van der Waals surface area (Å²) in [5.41, 5.74) is -0.187. The predicted molar refractivity (Wildman–Crippen MR) is 79.8 cm³/mol. The first-order valence-corrected chi connectivity index (χ1v) is 7.81. The molecule has 1 fully saturated rings. The monoisotopic (exact) mass is 286 g/mol. The van der Waals surface area contributed by atoms with Gasteiger partial charge in [-0.2, -0.15) is 0 Å². The predicted octanol–water partition coefficient (Wildman–Crippen LogP) is 1.33. The number of hydrogen-bond donors (Lipinski definition) is 2. The van der Waals surface area contributed by atoms with E-state index in [1.165, 1.54) is 0 Å². The number of methoxy groups -OCH3 is 1. The van der Waals surface area contributed by atoms with Crippen molar-refractivity contribution in [1.82, 2.24) is 10.6 Å². The fourth-order valence-corrected chi connectivity index (χ4v) is 2.59. The van der Waals surface area contributed by atoms with E-state index in [0.717, 1.165) is 58.3 Å². The maximum atomic E-state index is 12.3. The van der Waals surface area contributed by atoms with Crippen molar-refractivity contribution >= 4 is 5.91 Å². The van der Waals surface area contributed by atoms with Crippen molar-refractivity contribution < 1.29 is 14.3 Å². The number of carbonyl (C=O) groups is 1. The summed E-state index contributed by atoms with van der Waals surface area (Å²) in [6.45, 7) is 6.73. The first-order chi connectivity index (χ1) is 9.75. The summed E-state index contributed by atoms with van der Waals surface area (Å²) in [6, 6.07) is 0. The van der Waals surface area contributed by atoms with Crippen molar-refractivity contribution in [2.24, 2.45) is 5.41 Å². The second-order valence-corrected chi connectivity index (χ2v) is 5.48. The molecule has 1 amide bonds. The third-order valence-corrected chi connectivity index (χ3v) is 4.06. The van der Waals surface area contributed by atoms with Gasteiger partial charge in [-0.15, -0.1) is 0 Å². The van der Waals surface area contributed by atoms with Gasteiger partial charge in [-0.05, 0) is 38.6 Å². The lowest BCUT2D eigenvalue weighted by atomic mass is 9.77. The summed E-state index contributed by atoms with van der Waals surface area (Å²) in [6.07, 6.45) is 4.94. The molecule has 1 aliphatic heterocycles. The van der Waals surface area contributed by atoms with Crippen LogP contribution in [0.4, 0.5) is 0 Å². The lowest BCUT2D eigenvalue weighted by Crippen LogP contribution is -2.50. The molecule has 0 bridgehead atoms. The van der Waals surface area contributed by atoms with Gasteiger partial charge in [-0.25, -0.2) is 0 Å². The Balaban J connectivity index is 2.09. The number of hydrogen-bond acceptors (Lipinski definition) is 4. The molecule has 1 unspecified atom stereocenters. The molecular weight excluding hydrogens is 256 g/mol. The van der Waals surface area contributed by atoms with Gasteiger partial charge in [0, 0.05) is 26.8 Å². The Morgan fingerprint density at radius 2 is 2.15 bits per heavy atom. The molecule has 0 aromatic carbocycles. The van der Waals surface area contributed by atoms with E-state index in [1.54, 1.807) is 7.11 Å². The number of carbonyl (C=O) groups excluding carboxylic acids is 1. The SMILES string of the molecule is CCC1(C(=O)NCCCCOCCOC)CCCNC1. The zero-order chi connectivity index (χ0) is 14.7. The van der Waals surface area contributed by atoms with Crippen LogP contribution in [0, 0.1) is 5.41 Å². The van der Waals surface area contributed by atoms with Crippen molar-refractivity contribution in [2.45, 2.75) is 39.0 Å². The zero-order valence-electron chi connectivity index (χ0n) is 13.0. The van der Waals surface area contributed by atoms with Gasteiger partial charge in [0.15, 0.2) is 0 Å². The van der Waals surface area contributed by atoms with Gasteiger partial charge in [-0.3, -0.25) is 4.79 Å². The fraction of sp³-hybridized carbons (Fsp3) is 0.933. The highest BCUT2D eigenvalue weighted by atomic mass is 16.5. The van der Waals surface area contributed by atoms with E-state index in [4.69, 9.17) is 9.47 Å². The molecule has 1 aliphatic rings. The molecule has 5 heteroatoms. The quantitative estimate of drug-likeness (QED) is 0.595. The Labute approximate surface area is 122 Å². The Bertz CT molecular complexity index is 266. The van der Waals surface area contributed by atoms with Crippen LogP contribution in [0.15, 0.2) is 0 Å². The number of unbranched alkanes of at least 4 members (excludes halogenated alkanes) is 1. The molecule has 0 radical (unpaired) electrons. The zero-order valence-corrected chi connectivity index (χ0v) is 13.0. The molecule has 1 rings (SSSR count). The normalized spacial score (nSPS) is 22.7. The molecule has 0 spiro atoms. The van der Waals surface area contributed by atoms with Gasteiger partial charge >= 0.3 is 0 Å². The van der Waals surface area contributed by atoms with Crippen molar-refractivity contribution in [2.75, 3.05) is 46.6 Å². The number of rotatable bonds is 10. The topological polar surface area (TPSA) is 59.6 Å². The molecule has 0 aromatic heterocycles. The van der Waals surface area contributed by atoms with Crippen LogP contribution < -0.4 is 10.6 Å². The minimum absolute atomic E-state index is 0.187. The lowest BCUT2D eigenvalue weighted by molar-refractivity contribution is -0.132. The second kappa shape index (κ2) is 10.1. The van der Waals surface area contributed by atoms with Gasteiger partial charge in [0.1, 0.15) is 0 Å². The van der Waals surface area contributed by atoms with E-state index in [2.05, 4.69) is 17.6 Å². The molecule has 2 N–H and O–H groups in total. The van der Waals surface area contributed by atoms with Gasteiger partial charge in [0.05, 0.1) is 18.6 Å². The summed E-state index contributed by atoms with van der Waals surface area (Å²) in [7, 11) is 1.67. The standard InChI is InChI=1S/C15H30N2O3/c1-3-15(7-6-8-16-13-15)14(18)17-9-4-5-10-20-12-11-19-2/h16H,3-13H2,1-2H3,(H,17,18). The Kier molecular flexibility index (Phi) is 8.82. The number of ether oxygens (including phenoxy) is 2. The Morgan fingerprint density at radius 1 is 1.30 bits per heavy atom. The molecule has 0 aromatic rings. The van der Waals surface area contributed by atoms with E-state index >= 15 is 0 Å². The van der Waals surface area contributed by atoms with Gasteiger partial charge in [0.25, 0.3) is 0 Å². The maximum absolute atomic E-state index is 12.3.